The number of aliphatic hydroxyl groups excluding tert-OH is 1. The number of aromatic nitrogens is 2. The number of esters is 1. The summed E-state index contributed by atoms with van der Waals surface area (Å²) >= 11 is 6.35. The van der Waals surface area contributed by atoms with E-state index in [1.807, 2.05) is 32.0 Å². The molecule has 0 amide bonds. The van der Waals surface area contributed by atoms with Crippen molar-refractivity contribution < 1.29 is 24.1 Å². The number of rotatable bonds is 10. The molecule has 0 spiro atoms. The van der Waals surface area contributed by atoms with Crippen LogP contribution in [0.5, 0.6) is 5.88 Å². The third-order valence-electron chi connectivity index (χ3n) is 4.39. The molecule has 1 heterocycles. The zero-order valence-electron chi connectivity index (χ0n) is 17.1. The van der Waals surface area contributed by atoms with Crippen LogP contribution in [0.4, 0.5) is 0 Å². The molecule has 2 aromatic rings. The second-order valence-electron chi connectivity index (χ2n) is 6.55. The summed E-state index contributed by atoms with van der Waals surface area (Å²) in [7, 11) is 2.78. The molecule has 158 valence electrons. The number of ether oxygens (including phenoxy) is 3. The first-order valence-electron chi connectivity index (χ1n) is 9.36. The first-order valence-corrected chi connectivity index (χ1v) is 9.74. The molecule has 1 aromatic heterocycles. The van der Waals surface area contributed by atoms with Gasteiger partial charge in [-0.15, -0.1) is 5.10 Å². The van der Waals surface area contributed by atoms with E-state index in [1.54, 1.807) is 10.7 Å². The summed E-state index contributed by atoms with van der Waals surface area (Å²) in [5, 5.41) is 14.8. The van der Waals surface area contributed by atoms with E-state index in [0.29, 0.717) is 35.1 Å². The Hall–Kier alpha value is -2.51. The van der Waals surface area contributed by atoms with E-state index in [2.05, 4.69) is 5.10 Å². The fourth-order valence-electron chi connectivity index (χ4n) is 2.90. The van der Waals surface area contributed by atoms with Gasteiger partial charge in [-0.05, 0) is 24.5 Å². The van der Waals surface area contributed by atoms with E-state index in [-0.39, 0.29) is 12.2 Å². The Bertz CT molecular complexity index is 863. The van der Waals surface area contributed by atoms with Gasteiger partial charge in [-0.25, -0.2) is 9.48 Å². The molecule has 0 saturated heterocycles. The summed E-state index contributed by atoms with van der Waals surface area (Å²) in [5.41, 5.74) is 2.38. The summed E-state index contributed by atoms with van der Waals surface area (Å²) in [5.74, 6) is -0.128. The zero-order chi connectivity index (χ0) is 21.4. The van der Waals surface area contributed by atoms with E-state index in [1.165, 1.54) is 20.5 Å². The third-order valence-corrected chi connectivity index (χ3v) is 4.87. The number of halogens is 1. The van der Waals surface area contributed by atoms with Crippen molar-refractivity contribution in [3.8, 4) is 5.88 Å². The van der Waals surface area contributed by atoms with Crippen LogP contribution in [-0.4, -0.2) is 41.2 Å². The maximum Gasteiger partial charge on any atom is 0.341 e. The van der Waals surface area contributed by atoms with E-state index in [4.69, 9.17) is 25.8 Å². The summed E-state index contributed by atoms with van der Waals surface area (Å²) in [4.78, 5) is 12.1. The van der Waals surface area contributed by atoms with Gasteiger partial charge in [-0.3, -0.25) is 0 Å². The lowest BCUT2D eigenvalue weighted by Gasteiger charge is -2.12. The van der Waals surface area contributed by atoms with Gasteiger partial charge in [0.2, 0.25) is 5.88 Å². The highest BCUT2D eigenvalue weighted by Crippen LogP contribution is 2.28. The van der Waals surface area contributed by atoms with Gasteiger partial charge < -0.3 is 19.3 Å². The quantitative estimate of drug-likeness (QED) is 0.356. The molecule has 1 atom stereocenters. The molecular weight excluding hydrogens is 396 g/mol. The molecule has 0 aliphatic heterocycles. The molecule has 1 N–H and O–H groups in total. The Labute approximate surface area is 175 Å². The Morgan fingerprint density at radius 2 is 2.07 bits per heavy atom. The second-order valence-corrected chi connectivity index (χ2v) is 6.91. The Morgan fingerprint density at radius 3 is 2.72 bits per heavy atom. The number of hydrogen-bond acceptors (Lipinski definition) is 6. The Balaban J connectivity index is 2.23. The van der Waals surface area contributed by atoms with Crippen LogP contribution in [-0.2, 0) is 27.4 Å². The maximum atomic E-state index is 12.1. The standard InChI is InChI=1S/C21H27ClN2O5/c1-5-8-16(25)11-24-19(22)14(2)20(23-24)29-12-15-9-6-7-10-17(15)18(13-27-3)21(26)28-4/h6-7,9-10,13,16,25H,5,8,11-12H2,1-4H3/b18-13+. The van der Waals surface area contributed by atoms with Crippen molar-refractivity contribution in [1.29, 1.82) is 0 Å². The smallest absolute Gasteiger partial charge is 0.341 e. The van der Waals surface area contributed by atoms with Crippen molar-refractivity contribution >= 4 is 23.1 Å². The minimum atomic E-state index is -0.521. The largest absolute Gasteiger partial charge is 0.503 e. The first kappa shape index (κ1) is 22.8. The van der Waals surface area contributed by atoms with Crippen LogP contribution in [0.15, 0.2) is 30.5 Å². The SMILES string of the molecule is CCCC(O)Cn1nc(OCc2ccccc2/C(=C\OC)C(=O)OC)c(C)c1Cl. The predicted octanol–water partition coefficient (Wildman–Crippen LogP) is 3.75. The molecule has 0 aliphatic rings. The van der Waals surface area contributed by atoms with Gasteiger partial charge in [0.05, 0.1) is 33.1 Å². The van der Waals surface area contributed by atoms with Gasteiger partial charge in [0, 0.05) is 5.56 Å². The lowest BCUT2D eigenvalue weighted by atomic mass is 10.0. The van der Waals surface area contributed by atoms with Crippen LogP contribution in [0.25, 0.3) is 5.57 Å². The highest BCUT2D eigenvalue weighted by atomic mass is 35.5. The monoisotopic (exact) mass is 422 g/mol. The van der Waals surface area contributed by atoms with E-state index in [9.17, 15) is 9.90 Å². The van der Waals surface area contributed by atoms with Crippen LogP contribution >= 0.6 is 11.6 Å². The van der Waals surface area contributed by atoms with E-state index < -0.39 is 12.1 Å². The minimum absolute atomic E-state index is 0.167. The van der Waals surface area contributed by atoms with Gasteiger partial charge in [0.25, 0.3) is 0 Å². The summed E-state index contributed by atoms with van der Waals surface area (Å²) in [6, 6.07) is 7.31. The summed E-state index contributed by atoms with van der Waals surface area (Å²) in [6.07, 6.45) is 2.36. The van der Waals surface area contributed by atoms with Crippen molar-refractivity contribution in [3.05, 3.63) is 52.4 Å². The molecule has 0 saturated carbocycles. The molecule has 7 nitrogen and oxygen atoms in total. The topological polar surface area (TPSA) is 82.8 Å². The molecule has 8 heteroatoms. The van der Waals surface area contributed by atoms with Gasteiger partial charge in [-0.2, -0.15) is 0 Å². The third kappa shape index (κ3) is 5.74. The van der Waals surface area contributed by atoms with Crippen LogP contribution in [0.1, 0.15) is 36.5 Å². The molecule has 1 aromatic carbocycles. The van der Waals surface area contributed by atoms with Gasteiger partial charge >= 0.3 is 5.97 Å². The van der Waals surface area contributed by atoms with Crippen molar-refractivity contribution in [2.24, 2.45) is 0 Å². The second kappa shape index (κ2) is 10.9. The number of nitrogens with zero attached hydrogens (tertiary/aromatic N) is 2. The van der Waals surface area contributed by atoms with Gasteiger partial charge in [0.15, 0.2) is 0 Å². The van der Waals surface area contributed by atoms with Crippen molar-refractivity contribution in [2.75, 3.05) is 14.2 Å². The van der Waals surface area contributed by atoms with Gasteiger partial charge in [-0.1, -0.05) is 49.2 Å². The number of methoxy groups -OCH3 is 2. The summed E-state index contributed by atoms with van der Waals surface area (Å²) in [6.45, 7) is 4.28. The molecule has 0 bridgehead atoms. The lowest BCUT2D eigenvalue weighted by Crippen LogP contribution is -2.16. The molecule has 2 rings (SSSR count). The van der Waals surface area contributed by atoms with Crippen LogP contribution < -0.4 is 4.74 Å². The number of hydrogen-bond donors (Lipinski definition) is 1. The lowest BCUT2D eigenvalue weighted by molar-refractivity contribution is -0.133. The predicted molar refractivity (Wildman–Crippen MR) is 111 cm³/mol. The van der Waals surface area contributed by atoms with Crippen LogP contribution in [0.2, 0.25) is 5.15 Å². The molecule has 29 heavy (non-hydrogen) atoms. The minimum Gasteiger partial charge on any atom is -0.503 e. The molecule has 1 unspecified atom stereocenters. The number of benzene rings is 1. The van der Waals surface area contributed by atoms with Crippen molar-refractivity contribution in [2.45, 2.75) is 45.9 Å². The number of carbonyl (C=O) groups is 1. The summed E-state index contributed by atoms with van der Waals surface area (Å²) < 4.78 is 17.3. The van der Waals surface area contributed by atoms with Crippen molar-refractivity contribution in [1.82, 2.24) is 9.78 Å². The number of carbonyl (C=O) groups excluding carboxylic acids is 1. The molecular formula is C21H27ClN2O5. The van der Waals surface area contributed by atoms with Crippen molar-refractivity contribution in [3.63, 3.8) is 0 Å². The van der Waals surface area contributed by atoms with Crippen LogP contribution in [0.3, 0.4) is 0 Å². The fourth-order valence-corrected chi connectivity index (χ4v) is 3.08. The average molecular weight is 423 g/mol. The Kier molecular flexibility index (Phi) is 8.54. The molecule has 0 fully saturated rings. The Morgan fingerprint density at radius 1 is 1.34 bits per heavy atom. The normalized spacial score (nSPS) is 12.6. The van der Waals surface area contributed by atoms with Crippen LogP contribution in [0, 0.1) is 6.92 Å². The maximum absolute atomic E-state index is 12.1. The fraction of sp³-hybridized carbons (Fsp3) is 0.429. The highest BCUT2D eigenvalue weighted by molar-refractivity contribution is 6.30. The first-order chi connectivity index (χ1) is 13.9. The van der Waals surface area contributed by atoms with E-state index >= 15 is 0 Å². The molecule has 0 aliphatic carbocycles. The van der Waals surface area contributed by atoms with E-state index in [0.717, 1.165) is 12.0 Å². The zero-order valence-corrected chi connectivity index (χ0v) is 17.9. The molecule has 0 radical (unpaired) electrons. The number of aliphatic hydroxyl groups is 1. The highest BCUT2D eigenvalue weighted by Gasteiger charge is 2.19. The van der Waals surface area contributed by atoms with Gasteiger partial charge in [0.1, 0.15) is 17.3 Å². The average Bonchev–Trinajstić information content (AvgIpc) is 2.98.